The first-order valence-electron chi connectivity index (χ1n) is 10.3. The van der Waals surface area contributed by atoms with Gasteiger partial charge in [0.05, 0.1) is 11.6 Å². The van der Waals surface area contributed by atoms with Crippen molar-refractivity contribution in [3.8, 4) is 0 Å². The van der Waals surface area contributed by atoms with Gasteiger partial charge in [-0.3, -0.25) is 4.79 Å². The zero-order chi connectivity index (χ0) is 22.9. The van der Waals surface area contributed by atoms with Crippen LogP contribution in [0.15, 0.2) is 66.0 Å². The largest absolute Gasteiger partial charge is 0.332 e. The van der Waals surface area contributed by atoms with Crippen LogP contribution in [-0.2, 0) is 17.9 Å². The normalized spacial score (nSPS) is 10.6. The van der Waals surface area contributed by atoms with Gasteiger partial charge in [-0.05, 0) is 41.6 Å². The van der Waals surface area contributed by atoms with Crippen molar-refractivity contribution in [1.29, 1.82) is 0 Å². The smallest absolute Gasteiger partial charge is 0.322 e. The molecule has 3 rings (SSSR count). The Hall–Kier alpha value is -2.90. The van der Waals surface area contributed by atoms with Crippen molar-refractivity contribution in [2.75, 3.05) is 18.4 Å². The molecule has 0 saturated carbocycles. The number of hydrogen-bond acceptors (Lipinski definition) is 3. The Bertz CT molecular complexity index is 1030. The van der Waals surface area contributed by atoms with E-state index in [-0.39, 0.29) is 17.5 Å². The fourth-order valence-electron chi connectivity index (χ4n) is 3.19. The van der Waals surface area contributed by atoms with Crippen LogP contribution in [0.5, 0.6) is 0 Å². The highest BCUT2D eigenvalue weighted by Crippen LogP contribution is 2.20. The molecule has 0 aliphatic rings. The quantitative estimate of drug-likeness (QED) is 0.413. The second-order valence-electron chi connectivity index (χ2n) is 7.30. The Balaban J connectivity index is 1.72. The van der Waals surface area contributed by atoms with Gasteiger partial charge in [-0.15, -0.1) is 11.3 Å². The van der Waals surface area contributed by atoms with Crippen LogP contribution < -0.4 is 5.32 Å². The molecular formula is C24H25ClFN3O2S. The molecule has 1 heterocycles. The van der Waals surface area contributed by atoms with E-state index in [0.29, 0.717) is 31.7 Å². The summed E-state index contributed by atoms with van der Waals surface area (Å²) in [6.07, 6.45) is 0.689. The lowest BCUT2D eigenvalue weighted by atomic mass is 10.2. The zero-order valence-corrected chi connectivity index (χ0v) is 19.3. The second-order valence-corrected chi connectivity index (χ2v) is 8.73. The number of amides is 3. The summed E-state index contributed by atoms with van der Waals surface area (Å²) in [5.41, 5.74) is 1.39. The molecule has 0 radical (unpaired) electrons. The van der Waals surface area contributed by atoms with E-state index in [1.807, 2.05) is 54.8 Å². The van der Waals surface area contributed by atoms with Gasteiger partial charge in [0.15, 0.2) is 0 Å². The molecule has 168 valence electrons. The number of nitrogens with one attached hydrogen (secondary N) is 1. The maximum absolute atomic E-state index is 13.4. The fourth-order valence-corrected chi connectivity index (χ4v) is 4.09. The highest BCUT2D eigenvalue weighted by Gasteiger charge is 2.22. The van der Waals surface area contributed by atoms with Crippen molar-refractivity contribution in [3.63, 3.8) is 0 Å². The number of rotatable bonds is 9. The average molecular weight is 474 g/mol. The van der Waals surface area contributed by atoms with Crippen LogP contribution in [0.3, 0.4) is 0 Å². The van der Waals surface area contributed by atoms with E-state index >= 15 is 0 Å². The lowest BCUT2D eigenvalue weighted by molar-refractivity contribution is -0.133. The van der Waals surface area contributed by atoms with Gasteiger partial charge in [-0.1, -0.05) is 54.9 Å². The van der Waals surface area contributed by atoms with Gasteiger partial charge < -0.3 is 15.1 Å². The Kier molecular flexibility index (Phi) is 8.64. The minimum atomic E-state index is -0.560. The van der Waals surface area contributed by atoms with Gasteiger partial charge in [0.2, 0.25) is 5.91 Å². The Morgan fingerprint density at radius 3 is 2.47 bits per heavy atom. The summed E-state index contributed by atoms with van der Waals surface area (Å²) in [6.45, 7) is 3.21. The van der Waals surface area contributed by atoms with Crippen LogP contribution in [0.25, 0.3) is 0 Å². The van der Waals surface area contributed by atoms with E-state index < -0.39 is 11.8 Å². The molecule has 0 aliphatic carbocycles. The van der Waals surface area contributed by atoms with Gasteiger partial charge in [0.1, 0.15) is 12.4 Å². The van der Waals surface area contributed by atoms with Gasteiger partial charge in [0.25, 0.3) is 0 Å². The van der Waals surface area contributed by atoms with Crippen LogP contribution in [0.4, 0.5) is 14.9 Å². The number of thiophene rings is 1. The molecule has 1 aromatic heterocycles. The van der Waals surface area contributed by atoms with Crippen LogP contribution in [-0.4, -0.2) is 34.8 Å². The van der Waals surface area contributed by atoms with Crippen LogP contribution in [0.1, 0.15) is 23.8 Å². The number of anilines is 1. The molecule has 0 fully saturated rings. The summed E-state index contributed by atoms with van der Waals surface area (Å²) in [7, 11) is 0. The second kappa shape index (κ2) is 11.6. The molecule has 5 nitrogen and oxygen atoms in total. The van der Waals surface area contributed by atoms with E-state index in [9.17, 15) is 14.0 Å². The molecule has 0 bridgehead atoms. The standard InChI is InChI=1S/C24H25ClFN3O2S/c1-2-12-28(24(31)27-19-10-11-22(26)21(25)14-19)17-23(30)29(16-20-9-6-13-32-20)15-18-7-4-3-5-8-18/h3-11,13-14H,2,12,15-17H2,1H3,(H,27,31). The van der Waals surface area contributed by atoms with Gasteiger partial charge in [-0.2, -0.15) is 0 Å². The molecule has 2 aromatic carbocycles. The number of urea groups is 1. The monoisotopic (exact) mass is 473 g/mol. The lowest BCUT2D eigenvalue weighted by Gasteiger charge is -2.27. The van der Waals surface area contributed by atoms with Crippen molar-refractivity contribution in [1.82, 2.24) is 9.80 Å². The number of benzene rings is 2. The molecule has 1 N–H and O–H groups in total. The number of hydrogen-bond donors (Lipinski definition) is 1. The third kappa shape index (κ3) is 6.80. The zero-order valence-electron chi connectivity index (χ0n) is 17.8. The number of nitrogens with zero attached hydrogens (tertiary/aromatic N) is 2. The van der Waals surface area contributed by atoms with E-state index in [1.165, 1.54) is 23.1 Å². The van der Waals surface area contributed by atoms with Gasteiger partial charge in [-0.25, -0.2) is 9.18 Å². The Labute approximate surface area is 196 Å². The van der Waals surface area contributed by atoms with Crippen molar-refractivity contribution >= 4 is 40.6 Å². The fraction of sp³-hybridized carbons (Fsp3) is 0.250. The Morgan fingerprint density at radius 2 is 1.81 bits per heavy atom. The lowest BCUT2D eigenvalue weighted by Crippen LogP contribution is -2.44. The third-order valence-electron chi connectivity index (χ3n) is 4.77. The topological polar surface area (TPSA) is 52.7 Å². The summed E-state index contributed by atoms with van der Waals surface area (Å²) in [5.74, 6) is -0.710. The SMILES string of the molecule is CCCN(CC(=O)N(Cc1ccccc1)Cc1cccs1)C(=O)Nc1ccc(F)c(Cl)c1. The van der Waals surface area contributed by atoms with Crippen molar-refractivity contribution in [3.05, 3.63) is 87.3 Å². The van der Waals surface area contributed by atoms with E-state index in [0.717, 1.165) is 10.4 Å². The highest BCUT2D eigenvalue weighted by atomic mass is 35.5. The predicted molar refractivity (Wildman–Crippen MR) is 127 cm³/mol. The molecular weight excluding hydrogens is 449 g/mol. The van der Waals surface area contributed by atoms with E-state index in [2.05, 4.69) is 5.32 Å². The predicted octanol–water partition coefficient (Wildman–Crippen LogP) is 6.01. The number of halogens is 2. The molecule has 0 aliphatic heterocycles. The molecule has 3 aromatic rings. The van der Waals surface area contributed by atoms with Crippen molar-refractivity contribution < 1.29 is 14.0 Å². The molecule has 32 heavy (non-hydrogen) atoms. The van der Waals surface area contributed by atoms with Crippen molar-refractivity contribution in [2.24, 2.45) is 0 Å². The van der Waals surface area contributed by atoms with Gasteiger partial charge in [0, 0.05) is 23.7 Å². The molecule has 0 unspecified atom stereocenters. The van der Waals surface area contributed by atoms with Gasteiger partial charge >= 0.3 is 6.03 Å². The number of carbonyl (C=O) groups is 2. The summed E-state index contributed by atoms with van der Waals surface area (Å²) in [4.78, 5) is 30.4. The summed E-state index contributed by atoms with van der Waals surface area (Å²) >= 11 is 7.40. The first-order valence-corrected chi connectivity index (χ1v) is 11.6. The average Bonchev–Trinajstić information content (AvgIpc) is 3.29. The molecule has 0 spiro atoms. The first-order chi connectivity index (χ1) is 15.5. The summed E-state index contributed by atoms with van der Waals surface area (Å²) < 4.78 is 13.4. The van der Waals surface area contributed by atoms with Crippen LogP contribution >= 0.6 is 22.9 Å². The Morgan fingerprint density at radius 1 is 1.03 bits per heavy atom. The van der Waals surface area contributed by atoms with E-state index in [4.69, 9.17) is 11.6 Å². The maximum atomic E-state index is 13.4. The molecule has 8 heteroatoms. The highest BCUT2D eigenvalue weighted by molar-refractivity contribution is 7.09. The minimum Gasteiger partial charge on any atom is -0.332 e. The minimum absolute atomic E-state index is 0.0627. The number of carbonyl (C=O) groups excluding carboxylic acids is 2. The summed E-state index contributed by atoms with van der Waals surface area (Å²) in [6, 6.07) is 17.2. The maximum Gasteiger partial charge on any atom is 0.322 e. The van der Waals surface area contributed by atoms with E-state index in [1.54, 1.807) is 16.2 Å². The molecule has 0 atom stereocenters. The molecule has 3 amide bonds. The van der Waals surface area contributed by atoms with Crippen LogP contribution in [0.2, 0.25) is 5.02 Å². The first kappa shape index (κ1) is 23.8. The third-order valence-corrected chi connectivity index (χ3v) is 5.92. The molecule has 0 saturated heterocycles. The van der Waals surface area contributed by atoms with Crippen LogP contribution in [0, 0.1) is 5.82 Å². The summed E-state index contributed by atoms with van der Waals surface area (Å²) in [5, 5.41) is 4.60. The van der Waals surface area contributed by atoms with Crippen molar-refractivity contribution in [2.45, 2.75) is 26.4 Å².